The lowest BCUT2D eigenvalue weighted by molar-refractivity contribution is 1.50. The average molecular weight is 118 g/mol. The van der Waals surface area contributed by atoms with Crippen LogP contribution in [0.4, 0.5) is 0 Å². The maximum Gasteiger partial charge on any atom is 0.164 e. The summed E-state index contributed by atoms with van der Waals surface area (Å²) in [5, 5.41) is 6.70. The first kappa shape index (κ1) is 6.30. The van der Waals surface area contributed by atoms with Gasteiger partial charge in [0.25, 0.3) is 0 Å². The summed E-state index contributed by atoms with van der Waals surface area (Å²) < 4.78 is 0. The summed E-state index contributed by atoms with van der Waals surface area (Å²) in [4.78, 5) is 7.00. The van der Waals surface area contributed by atoms with Gasteiger partial charge in [-0.1, -0.05) is 0 Å². The lowest BCUT2D eigenvalue weighted by Crippen LogP contribution is -1.82. The molecule has 1 N–H and O–H groups in total. The van der Waals surface area contributed by atoms with Crippen molar-refractivity contribution >= 4 is 30.8 Å². The standard InChI is InChI=1S/C3H3N3.ClH/c4-3-1-5-2-6-3;/h1-2,4H;1H. The van der Waals surface area contributed by atoms with E-state index in [1.54, 1.807) is 0 Å². The Morgan fingerprint density at radius 1 is 1.57 bits per heavy atom. The Balaban J connectivity index is 0.000000360. The Kier molecular flexibility index (Phi) is 2.22. The third-order valence-electron chi connectivity index (χ3n) is 0.460. The van der Waals surface area contributed by atoms with Gasteiger partial charge in [0.15, 0.2) is 5.84 Å². The van der Waals surface area contributed by atoms with Crippen LogP contribution in [0.5, 0.6) is 0 Å². The van der Waals surface area contributed by atoms with E-state index in [2.05, 4.69) is 9.98 Å². The SMILES string of the molecule is Cl.N=C1C=NC=N1. The molecule has 0 atom stereocenters. The predicted molar refractivity (Wildman–Crippen MR) is 32.0 cm³/mol. The van der Waals surface area contributed by atoms with Crippen LogP contribution in [0.15, 0.2) is 9.98 Å². The van der Waals surface area contributed by atoms with Crippen LogP contribution >= 0.6 is 12.4 Å². The van der Waals surface area contributed by atoms with Gasteiger partial charge in [-0.25, -0.2) is 9.98 Å². The van der Waals surface area contributed by atoms with Crippen LogP contribution in [0.25, 0.3) is 0 Å². The normalized spacial score (nSPS) is 14.6. The van der Waals surface area contributed by atoms with Crippen molar-refractivity contribution in [2.45, 2.75) is 0 Å². The molecule has 1 rings (SSSR count). The smallest absolute Gasteiger partial charge is 0.164 e. The molecule has 0 amide bonds. The molecule has 0 aromatic heterocycles. The van der Waals surface area contributed by atoms with E-state index in [-0.39, 0.29) is 18.2 Å². The van der Waals surface area contributed by atoms with Gasteiger partial charge in [-0.15, -0.1) is 12.4 Å². The molecule has 4 heteroatoms. The van der Waals surface area contributed by atoms with Gasteiger partial charge in [-0.2, -0.15) is 0 Å². The molecule has 0 aromatic rings. The Labute approximate surface area is 47.1 Å². The van der Waals surface area contributed by atoms with Crippen molar-refractivity contribution in [2.24, 2.45) is 9.98 Å². The van der Waals surface area contributed by atoms with E-state index >= 15 is 0 Å². The summed E-state index contributed by atoms with van der Waals surface area (Å²) in [6.07, 6.45) is 2.74. The van der Waals surface area contributed by atoms with Crippen molar-refractivity contribution in [3.8, 4) is 0 Å². The lowest BCUT2D eigenvalue weighted by atomic mass is 10.7. The van der Waals surface area contributed by atoms with E-state index in [0.29, 0.717) is 0 Å². The maximum atomic E-state index is 6.70. The molecule has 0 saturated heterocycles. The van der Waals surface area contributed by atoms with Crippen molar-refractivity contribution in [2.75, 3.05) is 0 Å². The summed E-state index contributed by atoms with van der Waals surface area (Å²) >= 11 is 0. The first-order chi connectivity index (χ1) is 2.89. The minimum atomic E-state index is 0. The molecule has 0 fully saturated rings. The molecule has 1 aliphatic rings. The number of nitrogens with zero attached hydrogens (tertiary/aromatic N) is 2. The van der Waals surface area contributed by atoms with Gasteiger partial charge < -0.3 is 0 Å². The molecule has 0 aromatic carbocycles. The second kappa shape index (κ2) is 2.47. The minimum Gasteiger partial charge on any atom is -0.282 e. The van der Waals surface area contributed by atoms with E-state index in [4.69, 9.17) is 5.41 Å². The van der Waals surface area contributed by atoms with Gasteiger partial charge in [0.1, 0.15) is 6.34 Å². The van der Waals surface area contributed by atoms with Crippen LogP contribution < -0.4 is 0 Å². The second-order valence-corrected chi connectivity index (χ2v) is 0.908. The van der Waals surface area contributed by atoms with E-state index in [1.807, 2.05) is 0 Å². The molecule has 0 spiro atoms. The predicted octanol–water partition coefficient (Wildman–Crippen LogP) is 0.498. The first-order valence-corrected chi connectivity index (χ1v) is 1.54. The molecule has 0 aliphatic carbocycles. The van der Waals surface area contributed by atoms with E-state index in [9.17, 15) is 0 Å². The molecule has 3 nitrogen and oxygen atoms in total. The van der Waals surface area contributed by atoms with Gasteiger partial charge in [-0.3, -0.25) is 5.41 Å². The summed E-state index contributed by atoms with van der Waals surface area (Å²) in [5.74, 6) is 0.231. The van der Waals surface area contributed by atoms with Crippen molar-refractivity contribution in [1.29, 1.82) is 5.41 Å². The van der Waals surface area contributed by atoms with Gasteiger partial charge >= 0.3 is 0 Å². The zero-order valence-corrected chi connectivity index (χ0v) is 4.27. The van der Waals surface area contributed by atoms with Crippen LogP contribution in [0, 0.1) is 5.41 Å². The van der Waals surface area contributed by atoms with Crippen molar-refractivity contribution in [3.63, 3.8) is 0 Å². The summed E-state index contributed by atoms with van der Waals surface area (Å²) in [5.41, 5.74) is 0. The summed E-state index contributed by atoms with van der Waals surface area (Å²) in [7, 11) is 0. The number of rotatable bonds is 0. The van der Waals surface area contributed by atoms with Crippen LogP contribution in [0.1, 0.15) is 0 Å². The molecule has 0 saturated carbocycles. The Morgan fingerprint density at radius 3 is 2.43 bits per heavy atom. The number of halogens is 1. The summed E-state index contributed by atoms with van der Waals surface area (Å²) in [6, 6.07) is 0. The Hall–Kier alpha value is -0.700. The molecule has 7 heavy (non-hydrogen) atoms. The number of amidine groups is 1. The van der Waals surface area contributed by atoms with E-state index in [0.717, 1.165) is 0 Å². The van der Waals surface area contributed by atoms with Crippen LogP contribution in [-0.4, -0.2) is 18.4 Å². The number of aliphatic imine (C=N–C) groups is 2. The van der Waals surface area contributed by atoms with Gasteiger partial charge in [0, 0.05) is 0 Å². The van der Waals surface area contributed by atoms with E-state index < -0.39 is 0 Å². The largest absolute Gasteiger partial charge is 0.282 e. The first-order valence-electron chi connectivity index (χ1n) is 1.54. The van der Waals surface area contributed by atoms with Gasteiger partial charge in [0.05, 0.1) is 6.21 Å². The number of hydrogen-bond donors (Lipinski definition) is 1. The van der Waals surface area contributed by atoms with Crippen molar-refractivity contribution < 1.29 is 0 Å². The molecular formula is C3H4ClN3. The third-order valence-corrected chi connectivity index (χ3v) is 0.460. The van der Waals surface area contributed by atoms with Gasteiger partial charge in [0.2, 0.25) is 0 Å². The fourth-order valence-electron chi connectivity index (χ4n) is 0.233. The monoisotopic (exact) mass is 117 g/mol. The molecule has 38 valence electrons. The molecule has 1 aliphatic heterocycles. The zero-order valence-electron chi connectivity index (χ0n) is 3.46. The van der Waals surface area contributed by atoms with Crippen LogP contribution in [0.3, 0.4) is 0 Å². The van der Waals surface area contributed by atoms with Crippen LogP contribution in [-0.2, 0) is 0 Å². The van der Waals surface area contributed by atoms with Crippen molar-refractivity contribution in [3.05, 3.63) is 0 Å². The molecule has 0 bridgehead atoms. The highest BCUT2D eigenvalue weighted by Crippen LogP contribution is 1.76. The highest BCUT2D eigenvalue weighted by molar-refractivity contribution is 6.33. The summed E-state index contributed by atoms with van der Waals surface area (Å²) in [6.45, 7) is 0. The molecule has 0 radical (unpaired) electrons. The fraction of sp³-hybridized carbons (Fsp3) is 0. The lowest BCUT2D eigenvalue weighted by Gasteiger charge is -1.65. The zero-order chi connectivity index (χ0) is 4.41. The quantitative estimate of drug-likeness (QED) is 0.480. The minimum absolute atomic E-state index is 0. The third kappa shape index (κ3) is 1.45. The van der Waals surface area contributed by atoms with Crippen molar-refractivity contribution in [1.82, 2.24) is 0 Å². The average Bonchev–Trinajstić information content (AvgIpc) is 1.86. The fourth-order valence-corrected chi connectivity index (χ4v) is 0.233. The molecular weight excluding hydrogens is 114 g/mol. The van der Waals surface area contributed by atoms with Gasteiger partial charge in [-0.05, 0) is 0 Å². The van der Waals surface area contributed by atoms with E-state index in [1.165, 1.54) is 12.6 Å². The number of hydrogen-bond acceptors (Lipinski definition) is 2. The Bertz CT molecular complexity index is 112. The van der Waals surface area contributed by atoms with Crippen LogP contribution in [0.2, 0.25) is 0 Å². The topological polar surface area (TPSA) is 48.6 Å². The second-order valence-electron chi connectivity index (χ2n) is 0.908. The molecule has 1 heterocycles. The molecule has 0 unspecified atom stereocenters. The Morgan fingerprint density at radius 2 is 2.29 bits per heavy atom. The highest BCUT2D eigenvalue weighted by Gasteiger charge is 1.86. The highest BCUT2D eigenvalue weighted by atomic mass is 35.5. The number of nitrogens with one attached hydrogen (secondary N) is 1. The maximum absolute atomic E-state index is 6.70.